The number of phosphoric acid groups is 2. The molecular formula is C11H22N4O11P2. The number of nitrogens with zero attached hydrogens (tertiary/aromatic N) is 2. The number of ether oxygens (including phenoxy) is 1. The highest BCUT2D eigenvalue weighted by atomic mass is 31.3. The molecule has 162 valence electrons. The number of aliphatic hydroxyl groups excluding tert-OH is 2. The van der Waals surface area contributed by atoms with Gasteiger partial charge in [0.2, 0.25) is 0 Å². The van der Waals surface area contributed by atoms with E-state index in [1.165, 1.54) is 6.07 Å². The van der Waals surface area contributed by atoms with E-state index in [-0.39, 0.29) is 12.4 Å². The molecule has 5 atom stereocenters. The molecule has 28 heavy (non-hydrogen) atoms. The maximum absolute atomic E-state index is 11.8. The zero-order chi connectivity index (χ0) is 21.5. The average Bonchev–Trinajstić information content (AvgIpc) is 2.58. The first-order chi connectivity index (χ1) is 12.9. The van der Waals surface area contributed by atoms with Crippen LogP contribution in [0.1, 0.15) is 6.23 Å². The molecule has 0 spiro atoms. The van der Waals surface area contributed by atoms with Gasteiger partial charge in [-0.05, 0) is 6.07 Å². The minimum absolute atomic E-state index is 0.113. The summed E-state index contributed by atoms with van der Waals surface area (Å²) >= 11 is 0. The molecule has 0 saturated carbocycles. The monoisotopic (exact) mass is 448 g/mol. The highest BCUT2D eigenvalue weighted by molar-refractivity contribution is 7.61. The second kappa shape index (κ2) is 10.5. The average molecular weight is 448 g/mol. The predicted molar refractivity (Wildman–Crippen MR) is 92.7 cm³/mol. The second-order valence-corrected chi connectivity index (χ2v) is 8.20. The first-order valence-corrected chi connectivity index (χ1v) is 10.5. The number of aromatic nitrogens is 2. The molecule has 0 amide bonds. The topological polar surface area (TPSA) is 239 Å². The molecule has 0 fully saturated rings. The molecule has 0 aliphatic rings. The molecular weight excluding hydrogens is 426 g/mol. The van der Waals surface area contributed by atoms with E-state index in [9.17, 15) is 33.9 Å². The van der Waals surface area contributed by atoms with Gasteiger partial charge in [-0.25, -0.2) is 13.9 Å². The van der Waals surface area contributed by atoms with E-state index in [0.717, 1.165) is 13.3 Å². The highest BCUT2D eigenvalue weighted by Crippen LogP contribution is 2.60. The minimum Gasteiger partial charge on any atom is -0.386 e. The normalized spacial score (nSPS) is 19.4. The summed E-state index contributed by atoms with van der Waals surface area (Å²) in [6, 6.07) is 1.19. The van der Waals surface area contributed by atoms with Crippen LogP contribution in [0.5, 0.6) is 0 Å². The van der Waals surface area contributed by atoms with Gasteiger partial charge in [0.1, 0.15) is 18.0 Å². The summed E-state index contributed by atoms with van der Waals surface area (Å²) < 4.78 is 41.5. The lowest BCUT2D eigenvalue weighted by Crippen LogP contribution is -2.42. The van der Waals surface area contributed by atoms with Gasteiger partial charge >= 0.3 is 21.3 Å². The van der Waals surface area contributed by atoms with Gasteiger partial charge in [0.05, 0.1) is 13.2 Å². The molecule has 1 heterocycles. The number of aliphatic hydroxyl groups is 2. The molecule has 0 saturated heterocycles. The molecule has 0 aliphatic heterocycles. The molecule has 17 heteroatoms. The van der Waals surface area contributed by atoms with E-state index >= 15 is 0 Å². The van der Waals surface area contributed by atoms with Crippen molar-refractivity contribution in [2.75, 3.05) is 32.6 Å². The number of nitrogen functional groups attached to an aromatic ring is 1. The van der Waals surface area contributed by atoms with E-state index < -0.39 is 53.0 Å². The summed E-state index contributed by atoms with van der Waals surface area (Å²) in [6.07, 6.45) is -4.14. The van der Waals surface area contributed by atoms with Gasteiger partial charge in [0, 0.05) is 19.9 Å². The lowest BCUT2D eigenvalue weighted by Gasteiger charge is -2.27. The molecule has 0 radical (unpaired) electrons. The molecule has 15 nitrogen and oxygen atoms in total. The van der Waals surface area contributed by atoms with Gasteiger partial charge in [-0.2, -0.15) is 9.29 Å². The van der Waals surface area contributed by atoms with E-state index in [1.54, 1.807) is 0 Å². The quantitative estimate of drug-likeness (QED) is 0.188. The molecule has 8 N–H and O–H groups in total. The SMILES string of the molecule is CO[C@H](COP(=O)(O)OP(=O)(O)OCCN)[C@@H](O)[C@@H](O)n1ccc(N)nc1=O. The van der Waals surface area contributed by atoms with Crippen LogP contribution < -0.4 is 17.2 Å². The van der Waals surface area contributed by atoms with Gasteiger partial charge in [-0.1, -0.05) is 0 Å². The largest absolute Gasteiger partial charge is 0.481 e. The fourth-order valence-corrected chi connectivity index (χ4v) is 3.89. The number of hydrogen-bond acceptors (Lipinski definition) is 12. The van der Waals surface area contributed by atoms with Crippen molar-refractivity contribution in [1.29, 1.82) is 0 Å². The minimum atomic E-state index is -5.13. The van der Waals surface area contributed by atoms with Crippen LogP contribution in [0.4, 0.5) is 5.82 Å². The number of anilines is 1. The Kier molecular flexibility index (Phi) is 9.33. The zero-order valence-corrected chi connectivity index (χ0v) is 16.4. The van der Waals surface area contributed by atoms with Crippen LogP contribution >= 0.6 is 15.6 Å². The van der Waals surface area contributed by atoms with E-state index in [1.807, 2.05) is 0 Å². The Balaban J connectivity index is 2.78. The summed E-state index contributed by atoms with van der Waals surface area (Å²) in [5.74, 6) is -0.113. The number of rotatable bonds is 12. The second-order valence-electron chi connectivity index (χ2n) is 5.16. The molecule has 0 aliphatic carbocycles. The summed E-state index contributed by atoms with van der Waals surface area (Å²) in [6.45, 7) is -1.46. The van der Waals surface area contributed by atoms with Crippen molar-refractivity contribution < 1.29 is 47.2 Å². The van der Waals surface area contributed by atoms with Crippen molar-refractivity contribution in [3.05, 3.63) is 22.7 Å². The van der Waals surface area contributed by atoms with Crippen LogP contribution in [-0.4, -0.2) is 68.6 Å². The summed E-state index contributed by atoms with van der Waals surface area (Å²) in [5, 5.41) is 20.2. The molecule has 1 aromatic heterocycles. The van der Waals surface area contributed by atoms with Crippen molar-refractivity contribution >= 4 is 21.5 Å². The number of methoxy groups -OCH3 is 1. The Morgan fingerprint density at radius 3 is 2.39 bits per heavy atom. The van der Waals surface area contributed by atoms with Crippen LogP contribution in [0.3, 0.4) is 0 Å². The maximum atomic E-state index is 11.8. The lowest BCUT2D eigenvalue weighted by atomic mass is 10.2. The molecule has 1 rings (SSSR count). The Bertz CT molecular complexity index is 790. The summed E-state index contributed by atoms with van der Waals surface area (Å²) in [5.41, 5.74) is 9.41. The van der Waals surface area contributed by atoms with E-state index in [0.29, 0.717) is 4.57 Å². The van der Waals surface area contributed by atoms with Gasteiger partial charge < -0.3 is 36.2 Å². The third-order valence-corrected chi connectivity index (χ3v) is 5.74. The van der Waals surface area contributed by atoms with Crippen LogP contribution in [0.2, 0.25) is 0 Å². The smallest absolute Gasteiger partial charge is 0.386 e. The highest BCUT2D eigenvalue weighted by Gasteiger charge is 2.37. The molecule has 1 aromatic rings. The Hall–Kier alpha value is -1.22. The molecule has 2 unspecified atom stereocenters. The predicted octanol–water partition coefficient (Wildman–Crippen LogP) is -2.10. The lowest BCUT2D eigenvalue weighted by molar-refractivity contribution is -0.117. The van der Waals surface area contributed by atoms with Crippen LogP contribution in [-0.2, 0) is 27.2 Å². The Morgan fingerprint density at radius 1 is 1.25 bits per heavy atom. The Labute approximate surface area is 158 Å². The van der Waals surface area contributed by atoms with Gasteiger partial charge in [0.25, 0.3) is 0 Å². The summed E-state index contributed by atoms with van der Waals surface area (Å²) in [4.78, 5) is 33.8. The van der Waals surface area contributed by atoms with E-state index in [2.05, 4.69) is 18.3 Å². The van der Waals surface area contributed by atoms with Crippen LogP contribution in [0, 0.1) is 0 Å². The number of phosphoric ester groups is 2. The third kappa shape index (κ3) is 7.66. The van der Waals surface area contributed by atoms with Crippen molar-refractivity contribution in [2.45, 2.75) is 18.4 Å². The zero-order valence-electron chi connectivity index (χ0n) is 14.6. The van der Waals surface area contributed by atoms with E-state index in [4.69, 9.17) is 16.2 Å². The fraction of sp³-hybridized carbons (Fsp3) is 0.636. The summed E-state index contributed by atoms with van der Waals surface area (Å²) in [7, 11) is -9.00. The standard InChI is InChI=1S/C11H22N4O11P2/c1-23-7(6-25-28(21,22)26-27(19,20)24-5-3-12)9(16)10(17)15-4-2-8(13)14-11(15)18/h2,4,7,9-10,16-17H,3,5-6,12H2,1H3,(H,19,20)(H,21,22)(H2,13,14,18)/t7-,9-,10-/m1/s1. The molecule has 0 bridgehead atoms. The molecule has 0 aromatic carbocycles. The first kappa shape index (κ1) is 24.8. The first-order valence-electron chi connectivity index (χ1n) is 7.52. The fourth-order valence-electron chi connectivity index (χ4n) is 1.80. The number of nitrogens with two attached hydrogens (primary N) is 2. The van der Waals surface area contributed by atoms with Crippen molar-refractivity contribution in [3.8, 4) is 0 Å². The van der Waals surface area contributed by atoms with Gasteiger partial charge in [-0.15, -0.1) is 0 Å². The third-order valence-electron chi connectivity index (χ3n) is 3.11. The van der Waals surface area contributed by atoms with Crippen molar-refractivity contribution in [2.24, 2.45) is 5.73 Å². The van der Waals surface area contributed by atoms with Crippen LogP contribution in [0.15, 0.2) is 17.1 Å². The van der Waals surface area contributed by atoms with Gasteiger partial charge in [0.15, 0.2) is 6.23 Å². The Morgan fingerprint density at radius 2 is 1.86 bits per heavy atom. The number of hydrogen-bond donors (Lipinski definition) is 6. The van der Waals surface area contributed by atoms with Crippen molar-refractivity contribution in [1.82, 2.24) is 9.55 Å². The van der Waals surface area contributed by atoms with Gasteiger partial charge in [-0.3, -0.25) is 13.6 Å². The van der Waals surface area contributed by atoms with Crippen molar-refractivity contribution in [3.63, 3.8) is 0 Å². The maximum Gasteiger partial charge on any atom is 0.481 e. The van der Waals surface area contributed by atoms with Crippen LogP contribution in [0.25, 0.3) is 0 Å².